The van der Waals surface area contributed by atoms with Crippen molar-refractivity contribution in [1.82, 2.24) is 0 Å². The Bertz CT molecular complexity index is 697. The molecule has 0 aromatic heterocycles. The number of carbonyl (C=O) groups is 1. The van der Waals surface area contributed by atoms with Gasteiger partial charge >= 0.3 is 5.97 Å². The van der Waals surface area contributed by atoms with Gasteiger partial charge in [-0.1, -0.05) is 63.3 Å². The minimum absolute atomic E-state index is 0.0471. The van der Waals surface area contributed by atoms with Crippen LogP contribution in [0.2, 0.25) is 0 Å². The average molecular weight is 533 g/mol. The number of hydrogen-bond acceptors (Lipinski definition) is 11. The quantitative estimate of drug-likeness (QED) is 0.0487. The molecule has 11 heteroatoms. The average Bonchev–Trinajstić information content (AvgIpc) is 2.89. The highest BCUT2D eigenvalue weighted by atomic mass is 32.2. The molecular formula is C25H44N2O8S. The smallest absolute Gasteiger partial charge is 0.329 e. The molecule has 0 radical (unpaired) electrons. The van der Waals surface area contributed by atoms with Crippen LogP contribution in [0.15, 0.2) is 24.3 Å². The zero-order valence-corrected chi connectivity index (χ0v) is 22.1. The summed E-state index contributed by atoms with van der Waals surface area (Å²) in [5.74, 6) is 3.60. The zero-order valence-electron chi connectivity index (χ0n) is 21.3. The van der Waals surface area contributed by atoms with Gasteiger partial charge in [-0.3, -0.25) is 0 Å². The second-order valence-corrected chi connectivity index (χ2v) is 9.48. The number of aryl methyl sites for hydroxylation is 2. The number of rotatable bonds is 22. The Morgan fingerprint density at radius 2 is 1.64 bits per heavy atom. The first-order valence-electron chi connectivity index (χ1n) is 12.6. The lowest BCUT2D eigenvalue weighted by Crippen LogP contribution is -2.63. The lowest BCUT2D eigenvalue weighted by molar-refractivity contribution is -0.196. The number of aliphatic hydroxyl groups excluding tert-OH is 3. The molecule has 0 saturated carbocycles. The molecule has 7 N–H and O–H groups in total. The normalized spacial score (nSPS) is 14.8. The molecule has 10 nitrogen and oxygen atoms in total. The summed E-state index contributed by atoms with van der Waals surface area (Å²) >= 11 is 0.601. The summed E-state index contributed by atoms with van der Waals surface area (Å²) in [7, 11) is 0. The van der Waals surface area contributed by atoms with Gasteiger partial charge in [0.25, 0.3) is 0 Å². The number of nitrogens with two attached hydrogens (primary N) is 2. The first-order valence-corrected chi connectivity index (χ1v) is 13.5. The molecule has 1 aromatic rings. The SMILES string of the molecule is CCCCCCCCc1ccc(CCC(O)C(O)C(N)(CSOON)C(=O)OCCOCCO)cc1. The highest BCUT2D eigenvalue weighted by molar-refractivity contribution is 7.94. The van der Waals surface area contributed by atoms with Crippen molar-refractivity contribution in [3.05, 3.63) is 35.4 Å². The largest absolute Gasteiger partial charge is 0.462 e. The van der Waals surface area contributed by atoms with Crippen LogP contribution in [0, 0.1) is 0 Å². The molecule has 0 spiro atoms. The molecule has 0 bridgehead atoms. The van der Waals surface area contributed by atoms with E-state index in [1.807, 2.05) is 12.1 Å². The van der Waals surface area contributed by atoms with Gasteiger partial charge in [-0.25, -0.2) is 4.79 Å². The first-order chi connectivity index (χ1) is 17.4. The second-order valence-electron chi connectivity index (χ2n) is 8.82. The summed E-state index contributed by atoms with van der Waals surface area (Å²) < 4.78 is 14.7. The molecule has 3 unspecified atom stereocenters. The third kappa shape index (κ3) is 12.8. The molecule has 0 fully saturated rings. The third-order valence-electron chi connectivity index (χ3n) is 5.92. The first kappa shape index (κ1) is 32.7. The van der Waals surface area contributed by atoms with E-state index in [1.54, 1.807) is 0 Å². The van der Waals surface area contributed by atoms with Gasteiger partial charge in [-0.15, -0.1) is 9.32 Å². The molecule has 0 heterocycles. The van der Waals surface area contributed by atoms with E-state index in [4.69, 9.17) is 26.2 Å². The second kappa shape index (κ2) is 19.8. The van der Waals surface area contributed by atoms with Gasteiger partial charge in [0.05, 0.1) is 31.7 Å². The molecule has 0 aliphatic carbocycles. The van der Waals surface area contributed by atoms with Crippen LogP contribution in [0.4, 0.5) is 0 Å². The van der Waals surface area contributed by atoms with Crippen molar-refractivity contribution in [1.29, 1.82) is 0 Å². The molecular weight excluding hydrogens is 488 g/mol. The van der Waals surface area contributed by atoms with Crippen molar-refractivity contribution in [2.75, 3.05) is 32.2 Å². The van der Waals surface area contributed by atoms with Crippen LogP contribution in [0.1, 0.15) is 63.0 Å². The predicted molar refractivity (Wildman–Crippen MR) is 138 cm³/mol. The Labute approximate surface area is 218 Å². The van der Waals surface area contributed by atoms with Crippen LogP contribution in [0.3, 0.4) is 0 Å². The van der Waals surface area contributed by atoms with E-state index in [1.165, 1.54) is 44.1 Å². The lowest BCUT2D eigenvalue weighted by Gasteiger charge is -2.33. The Kier molecular flexibility index (Phi) is 18.0. The van der Waals surface area contributed by atoms with Gasteiger partial charge < -0.3 is 30.5 Å². The number of unbranched alkanes of at least 4 members (excludes halogenated alkanes) is 5. The predicted octanol–water partition coefficient (Wildman–Crippen LogP) is 1.96. The van der Waals surface area contributed by atoms with Crippen LogP contribution in [-0.4, -0.2) is 71.2 Å². The number of aliphatic hydroxyl groups is 3. The van der Waals surface area contributed by atoms with Gasteiger partial charge in [-0.2, -0.15) is 5.90 Å². The van der Waals surface area contributed by atoms with Crippen LogP contribution in [0.25, 0.3) is 0 Å². The number of hydrogen-bond donors (Lipinski definition) is 5. The Morgan fingerprint density at radius 1 is 1.00 bits per heavy atom. The molecule has 3 atom stereocenters. The number of benzene rings is 1. The van der Waals surface area contributed by atoms with E-state index in [0.717, 1.165) is 12.0 Å². The summed E-state index contributed by atoms with van der Waals surface area (Å²) in [5.41, 5.74) is 6.48. The van der Waals surface area contributed by atoms with Crippen LogP contribution in [-0.2, 0) is 36.4 Å². The minimum atomic E-state index is -1.99. The molecule has 36 heavy (non-hydrogen) atoms. The van der Waals surface area contributed by atoms with Gasteiger partial charge in [0.15, 0.2) is 5.54 Å². The molecule has 0 aliphatic heterocycles. The maximum absolute atomic E-state index is 12.6. The van der Waals surface area contributed by atoms with Crippen molar-refractivity contribution in [3.63, 3.8) is 0 Å². The fourth-order valence-electron chi connectivity index (χ4n) is 3.71. The number of esters is 1. The fraction of sp³-hybridized carbons (Fsp3) is 0.720. The Hall–Kier alpha value is -1.28. The molecule has 208 valence electrons. The molecule has 0 saturated heterocycles. The minimum Gasteiger partial charge on any atom is -0.462 e. The van der Waals surface area contributed by atoms with Crippen LogP contribution >= 0.6 is 12.0 Å². The Morgan fingerprint density at radius 3 is 2.28 bits per heavy atom. The van der Waals surface area contributed by atoms with E-state index in [2.05, 4.69) is 28.4 Å². The summed E-state index contributed by atoms with van der Waals surface area (Å²) in [4.78, 5) is 16.7. The highest BCUT2D eigenvalue weighted by Crippen LogP contribution is 2.23. The molecule has 1 rings (SSSR count). The van der Waals surface area contributed by atoms with Gasteiger partial charge in [-0.05, 0) is 36.8 Å². The van der Waals surface area contributed by atoms with Crippen molar-refractivity contribution in [2.45, 2.75) is 82.5 Å². The van der Waals surface area contributed by atoms with Crippen molar-refractivity contribution in [2.24, 2.45) is 11.6 Å². The van der Waals surface area contributed by atoms with E-state index in [9.17, 15) is 15.0 Å². The monoisotopic (exact) mass is 532 g/mol. The maximum atomic E-state index is 12.6. The van der Waals surface area contributed by atoms with E-state index in [-0.39, 0.29) is 38.6 Å². The van der Waals surface area contributed by atoms with Gasteiger partial charge in [0.2, 0.25) is 0 Å². The summed E-state index contributed by atoms with van der Waals surface area (Å²) in [6.07, 6.45) is 6.34. The van der Waals surface area contributed by atoms with E-state index >= 15 is 0 Å². The summed E-state index contributed by atoms with van der Waals surface area (Å²) in [6, 6.07) is 8.22. The summed E-state index contributed by atoms with van der Waals surface area (Å²) in [5, 5.41) is 30.1. The van der Waals surface area contributed by atoms with Gasteiger partial charge in [0.1, 0.15) is 12.7 Å². The third-order valence-corrected chi connectivity index (χ3v) is 6.69. The van der Waals surface area contributed by atoms with Crippen LogP contribution < -0.4 is 11.6 Å². The topological polar surface area (TPSA) is 167 Å². The highest BCUT2D eigenvalue weighted by Gasteiger charge is 2.46. The zero-order chi connectivity index (χ0) is 26.7. The fourth-order valence-corrected chi connectivity index (χ4v) is 4.29. The molecule has 1 aromatic carbocycles. The van der Waals surface area contributed by atoms with E-state index < -0.39 is 23.7 Å². The maximum Gasteiger partial charge on any atom is 0.329 e. The molecule has 0 amide bonds. The van der Waals surface area contributed by atoms with Crippen molar-refractivity contribution in [3.8, 4) is 0 Å². The van der Waals surface area contributed by atoms with E-state index in [0.29, 0.717) is 18.5 Å². The number of carbonyl (C=O) groups excluding carboxylic acids is 1. The Balaban J connectivity index is 2.58. The molecule has 0 aliphatic rings. The van der Waals surface area contributed by atoms with Crippen molar-refractivity contribution >= 4 is 18.0 Å². The summed E-state index contributed by atoms with van der Waals surface area (Å²) in [6.45, 7) is 2.07. The number of ether oxygens (including phenoxy) is 2. The van der Waals surface area contributed by atoms with Gasteiger partial charge in [0, 0.05) is 12.0 Å². The van der Waals surface area contributed by atoms with Crippen LogP contribution in [0.5, 0.6) is 0 Å². The van der Waals surface area contributed by atoms with Crippen molar-refractivity contribution < 1.29 is 38.9 Å². The standard InChI is InChI=1S/C25H44N2O8S/c1-2-3-4-5-6-7-8-20-9-11-21(12-10-20)13-14-22(29)23(30)25(26,19-36-35-34-27)24(31)33-18-17-32-16-15-28/h9-12,22-23,28-30H,2-8,13-19,26-27H2,1H3. The lowest BCUT2D eigenvalue weighted by atomic mass is 9.89.